The van der Waals surface area contributed by atoms with E-state index in [0.29, 0.717) is 31.6 Å². The summed E-state index contributed by atoms with van der Waals surface area (Å²) in [6.07, 6.45) is 10.1. The quantitative estimate of drug-likeness (QED) is 0.591. The molecular weight excluding hydrogens is 440 g/mol. The number of amides is 2. The first-order chi connectivity index (χ1) is 17.2. The Morgan fingerprint density at radius 3 is 2.51 bits per heavy atom. The van der Waals surface area contributed by atoms with Crippen molar-refractivity contribution in [2.24, 2.45) is 0 Å². The average Bonchev–Trinajstić information content (AvgIpc) is 3.39. The van der Waals surface area contributed by atoms with Crippen molar-refractivity contribution in [2.75, 3.05) is 44.2 Å². The highest BCUT2D eigenvalue weighted by Gasteiger charge is 2.26. The lowest BCUT2D eigenvalue weighted by atomic mass is 9.94. The Hall–Kier alpha value is -2.71. The Kier molecular flexibility index (Phi) is 7.79. The molecule has 188 valence electrons. The number of benzene rings is 1. The van der Waals surface area contributed by atoms with E-state index in [0.717, 1.165) is 43.5 Å². The summed E-state index contributed by atoms with van der Waals surface area (Å²) in [6.45, 7) is 7.52. The monoisotopic (exact) mass is 478 g/mol. The number of anilines is 1. The molecule has 2 amide bonds. The molecule has 0 unspecified atom stereocenters. The van der Waals surface area contributed by atoms with Crippen LogP contribution in [-0.4, -0.2) is 76.7 Å². The second-order valence-corrected chi connectivity index (χ2v) is 10.1. The zero-order valence-corrected chi connectivity index (χ0v) is 20.7. The maximum Gasteiger partial charge on any atom is 0.251 e. The van der Waals surface area contributed by atoms with Crippen molar-refractivity contribution in [1.82, 2.24) is 24.9 Å². The zero-order valence-electron chi connectivity index (χ0n) is 20.7. The summed E-state index contributed by atoms with van der Waals surface area (Å²) in [7, 11) is 0. The van der Waals surface area contributed by atoms with Crippen LogP contribution in [0.15, 0.2) is 36.5 Å². The molecule has 2 fully saturated rings. The number of nitrogens with one attached hydrogen (secondary N) is 1. The van der Waals surface area contributed by atoms with Gasteiger partial charge in [0.15, 0.2) is 0 Å². The van der Waals surface area contributed by atoms with Crippen LogP contribution in [0.1, 0.15) is 60.9 Å². The molecular formula is C27H38N6O2. The van der Waals surface area contributed by atoms with Crippen molar-refractivity contribution < 1.29 is 9.59 Å². The number of hydrogen-bond acceptors (Lipinski definition) is 5. The van der Waals surface area contributed by atoms with Crippen LogP contribution in [0.4, 0.5) is 5.82 Å². The summed E-state index contributed by atoms with van der Waals surface area (Å²) in [6, 6.07) is 10.3. The highest BCUT2D eigenvalue weighted by molar-refractivity contribution is 5.95. The number of carbonyl (C=O) groups excluding carboxylic acids is 2. The van der Waals surface area contributed by atoms with Crippen molar-refractivity contribution in [3.8, 4) is 0 Å². The molecule has 3 heterocycles. The molecule has 5 rings (SSSR count). The molecule has 35 heavy (non-hydrogen) atoms. The standard InChI is InChI=1S/C27H38N6O2/c34-26-12-16-33-25(11-14-29-33)32(26)21-22-7-9-23(10-8-22)27(35)28-13-4-15-30-17-19-31(20-18-30)24-5-2-1-3-6-24/h7-11,14,24H,1-6,12-13,15-21H2,(H,28,35). The first-order valence-corrected chi connectivity index (χ1v) is 13.3. The molecule has 0 spiro atoms. The second-order valence-electron chi connectivity index (χ2n) is 10.1. The third-order valence-corrected chi connectivity index (χ3v) is 7.80. The minimum atomic E-state index is -0.0363. The van der Waals surface area contributed by atoms with Gasteiger partial charge in [-0.15, -0.1) is 0 Å². The normalized spacial score (nSPS) is 20.1. The largest absolute Gasteiger partial charge is 0.352 e. The Labute approximate surface area is 208 Å². The predicted octanol–water partition coefficient (Wildman–Crippen LogP) is 2.89. The van der Waals surface area contributed by atoms with Gasteiger partial charge in [-0.1, -0.05) is 31.4 Å². The van der Waals surface area contributed by atoms with E-state index in [-0.39, 0.29) is 11.8 Å². The van der Waals surface area contributed by atoms with E-state index in [4.69, 9.17) is 0 Å². The van der Waals surface area contributed by atoms with E-state index < -0.39 is 0 Å². The van der Waals surface area contributed by atoms with Gasteiger partial charge in [0.1, 0.15) is 5.82 Å². The van der Waals surface area contributed by atoms with E-state index in [1.165, 1.54) is 45.2 Å². The van der Waals surface area contributed by atoms with Gasteiger partial charge >= 0.3 is 0 Å². The Morgan fingerprint density at radius 1 is 0.971 bits per heavy atom. The number of nitrogens with zero attached hydrogens (tertiary/aromatic N) is 5. The first-order valence-electron chi connectivity index (χ1n) is 13.3. The molecule has 1 aliphatic carbocycles. The minimum absolute atomic E-state index is 0.0363. The van der Waals surface area contributed by atoms with Gasteiger partial charge in [-0.05, 0) is 43.5 Å². The molecule has 2 aromatic rings. The smallest absolute Gasteiger partial charge is 0.251 e. The van der Waals surface area contributed by atoms with Gasteiger partial charge in [0.05, 0.1) is 19.3 Å². The van der Waals surface area contributed by atoms with E-state index in [9.17, 15) is 9.59 Å². The molecule has 1 saturated carbocycles. The van der Waals surface area contributed by atoms with Gasteiger partial charge in [0.2, 0.25) is 5.91 Å². The molecule has 2 aliphatic heterocycles. The van der Waals surface area contributed by atoms with Gasteiger partial charge < -0.3 is 10.2 Å². The molecule has 1 saturated heterocycles. The molecule has 3 aliphatic rings. The van der Waals surface area contributed by atoms with Gasteiger partial charge in [-0.25, -0.2) is 4.68 Å². The number of piperazine rings is 1. The molecule has 0 atom stereocenters. The van der Waals surface area contributed by atoms with E-state index in [1.54, 1.807) is 11.1 Å². The van der Waals surface area contributed by atoms with Gasteiger partial charge in [0.25, 0.3) is 5.91 Å². The fourth-order valence-electron chi connectivity index (χ4n) is 5.71. The lowest BCUT2D eigenvalue weighted by Gasteiger charge is -2.40. The summed E-state index contributed by atoms with van der Waals surface area (Å²) >= 11 is 0. The molecule has 1 N–H and O–H groups in total. The van der Waals surface area contributed by atoms with Crippen LogP contribution in [0.5, 0.6) is 0 Å². The maximum absolute atomic E-state index is 12.6. The Morgan fingerprint density at radius 2 is 1.74 bits per heavy atom. The van der Waals surface area contributed by atoms with Crippen molar-refractivity contribution in [3.63, 3.8) is 0 Å². The molecule has 1 aromatic heterocycles. The minimum Gasteiger partial charge on any atom is -0.352 e. The second kappa shape index (κ2) is 11.4. The van der Waals surface area contributed by atoms with Crippen LogP contribution < -0.4 is 10.2 Å². The average molecular weight is 479 g/mol. The Bertz CT molecular complexity index is 989. The van der Waals surface area contributed by atoms with Crippen LogP contribution in [0, 0.1) is 0 Å². The lowest BCUT2D eigenvalue weighted by Crippen LogP contribution is -2.51. The third kappa shape index (κ3) is 5.93. The summed E-state index contributed by atoms with van der Waals surface area (Å²) in [4.78, 5) is 32.0. The SMILES string of the molecule is O=C(NCCCN1CCN(C2CCCCC2)CC1)c1ccc(CN2C(=O)CCn3nccc32)cc1. The van der Waals surface area contributed by atoms with Crippen LogP contribution in [-0.2, 0) is 17.9 Å². The number of aromatic nitrogens is 2. The fourth-order valence-corrected chi connectivity index (χ4v) is 5.71. The van der Waals surface area contributed by atoms with Crippen molar-refractivity contribution >= 4 is 17.6 Å². The van der Waals surface area contributed by atoms with Gasteiger partial charge in [-0.3, -0.25) is 19.4 Å². The number of aryl methyl sites for hydroxylation is 1. The molecule has 8 nitrogen and oxygen atoms in total. The van der Waals surface area contributed by atoms with E-state index in [2.05, 4.69) is 20.2 Å². The summed E-state index contributed by atoms with van der Waals surface area (Å²) in [5.74, 6) is 0.902. The number of fused-ring (bicyclic) bond motifs is 1. The molecule has 1 aromatic carbocycles. The molecule has 0 bridgehead atoms. The predicted molar refractivity (Wildman–Crippen MR) is 136 cm³/mol. The van der Waals surface area contributed by atoms with Gasteiger partial charge in [0, 0.05) is 56.8 Å². The highest BCUT2D eigenvalue weighted by atomic mass is 16.2. The summed E-state index contributed by atoms with van der Waals surface area (Å²) in [5.41, 5.74) is 1.65. The van der Waals surface area contributed by atoms with Crippen molar-refractivity contribution in [1.29, 1.82) is 0 Å². The maximum atomic E-state index is 12.6. The van der Waals surface area contributed by atoms with Crippen LogP contribution in [0.25, 0.3) is 0 Å². The number of hydrogen-bond donors (Lipinski definition) is 1. The van der Waals surface area contributed by atoms with Crippen LogP contribution in [0.2, 0.25) is 0 Å². The molecule has 8 heteroatoms. The van der Waals surface area contributed by atoms with E-state index in [1.807, 2.05) is 35.0 Å². The highest BCUT2D eigenvalue weighted by Crippen LogP contribution is 2.24. The number of carbonyl (C=O) groups is 2. The zero-order chi connectivity index (χ0) is 24.0. The van der Waals surface area contributed by atoms with Crippen molar-refractivity contribution in [3.05, 3.63) is 47.7 Å². The lowest BCUT2D eigenvalue weighted by molar-refractivity contribution is -0.119. The Balaban J connectivity index is 1.02. The van der Waals surface area contributed by atoms with Crippen molar-refractivity contribution in [2.45, 2.75) is 64.1 Å². The van der Waals surface area contributed by atoms with Crippen LogP contribution in [0.3, 0.4) is 0 Å². The van der Waals surface area contributed by atoms with Gasteiger partial charge in [-0.2, -0.15) is 5.10 Å². The summed E-state index contributed by atoms with van der Waals surface area (Å²) in [5, 5.41) is 7.34. The number of rotatable bonds is 8. The first kappa shape index (κ1) is 24.0. The topological polar surface area (TPSA) is 73.7 Å². The van der Waals surface area contributed by atoms with Crippen LogP contribution >= 0.6 is 0 Å². The summed E-state index contributed by atoms with van der Waals surface area (Å²) < 4.78 is 1.86. The third-order valence-electron chi connectivity index (χ3n) is 7.80. The van der Waals surface area contributed by atoms with E-state index >= 15 is 0 Å². The fraction of sp³-hybridized carbons (Fsp3) is 0.593. The molecule has 0 radical (unpaired) electrons.